The van der Waals surface area contributed by atoms with E-state index in [2.05, 4.69) is 0 Å². The van der Waals surface area contributed by atoms with Crippen molar-refractivity contribution in [2.45, 2.75) is 15.8 Å². The first-order valence-corrected chi connectivity index (χ1v) is 11.4. The molecule has 1 unspecified atom stereocenters. The predicted octanol–water partition coefficient (Wildman–Crippen LogP) is 5.60. The fourth-order valence-electron chi connectivity index (χ4n) is 4.11. The van der Waals surface area contributed by atoms with Crippen LogP contribution >= 0.6 is 0 Å². The molecule has 1 heterocycles. The number of fused-ring (bicyclic) bond motifs is 2. The first kappa shape index (κ1) is 19.3. The van der Waals surface area contributed by atoms with Crippen LogP contribution in [-0.4, -0.2) is 14.2 Å². The molecule has 4 nitrogen and oxygen atoms in total. The van der Waals surface area contributed by atoms with Crippen LogP contribution in [0.4, 0.5) is 11.4 Å². The molecule has 5 heteroatoms. The Kier molecular flexibility index (Phi) is 4.68. The summed E-state index contributed by atoms with van der Waals surface area (Å²) in [5.74, 6) is -0.101. The predicted molar refractivity (Wildman–Crippen MR) is 120 cm³/mol. The lowest BCUT2D eigenvalue weighted by Gasteiger charge is -2.38. The Morgan fingerprint density at radius 1 is 0.613 bits per heavy atom. The first-order valence-electron chi connectivity index (χ1n) is 9.95. The first-order chi connectivity index (χ1) is 15.1. The fraction of sp³-hybridized carbons (Fsp3) is 0.0385. The number of rotatable bonds is 4. The van der Waals surface area contributed by atoms with Gasteiger partial charge >= 0.3 is 0 Å². The minimum atomic E-state index is -3.69. The summed E-state index contributed by atoms with van der Waals surface area (Å²) in [5.41, 5.74) is 2.36. The van der Waals surface area contributed by atoms with Crippen molar-refractivity contribution in [2.75, 3.05) is 4.90 Å². The Morgan fingerprint density at radius 3 is 1.61 bits per heavy atom. The maximum absolute atomic E-state index is 13.8. The molecular formula is C26H19NO3S. The molecule has 4 aromatic carbocycles. The van der Waals surface area contributed by atoms with E-state index in [1.54, 1.807) is 60.7 Å². The van der Waals surface area contributed by atoms with Crippen molar-refractivity contribution in [1.82, 2.24) is 0 Å². The van der Waals surface area contributed by atoms with Crippen molar-refractivity contribution in [3.05, 3.63) is 120 Å². The van der Waals surface area contributed by atoms with E-state index in [4.69, 9.17) is 0 Å². The van der Waals surface area contributed by atoms with Crippen LogP contribution in [0.1, 0.15) is 22.0 Å². The number of sulfone groups is 1. The maximum Gasteiger partial charge on any atom is 0.210 e. The lowest BCUT2D eigenvalue weighted by molar-refractivity contribution is 0.0961. The van der Waals surface area contributed by atoms with Crippen LogP contribution in [0.5, 0.6) is 0 Å². The van der Waals surface area contributed by atoms with Crippen LogP contribution < -0.4 is 4.90 Å². The highest BCUT2D eigenvalue weighted by Crippen LogP contribution is 2.48. The van der Waals surface area contributed by atoms with Gasteiger partial charge in [0.2, 0.25) is 9.84 Å². The Bertz CT molecular complexity index is 1310. The van der Waals surface area contributed by atoms with Crippen LogP contribution in [0.3, 0.4) is 0 Å². The zero-order valence-electron chi connectivity index (χ0n) is 16.5. The van der Waals surface area contributed by atoms with E-state index in [1.165, 1.54) is 0 Å². The van der Waals surface area contributed by atoms with Crippen molar-refractivity contribution in [3.63, 3.8) is 0 Å². The Balaban J connectivity index is 1.81. The van der Waals surface area contributed by atoms with Gasteiger partial charge in [-0.15, -0.1) is 0 Å². The quantitative estimate of drug-likeness (QED) is 0.400. The molecule has 31 heavy (non-hydrogen) atoms. The zero-order chi connectivity index (χ0) is 21.4. The number of Topliss-reactive ketones (excluding diaryl/α,β-unsaturated/α-hetero) is 1. The molecule has 0 radical (unpaired) electrons. The number of benzene rings is 4. The van der Waals surface area contributed by atoms with Crippen LogP contribution in [0, 0.1) is 0 Å². The summed E-state index contributed by atoms with van der Waals surface area (Å²) >= 11 is 0. The van der Waals surface area contributed by atoms with Gasteiger partial charge in [0.25, 0.3) is 0 Å². The standard InChI is InChI=1S/C26H19NO3S/c28-26(20-13-5-2-6-14-20)25(19-11-3-1-4-12-19)27-21-15-7-9-17-23(21)31(29,30)24-18-10-8-16-22(24)27/h1-18,25H. The molecule has 0 fully saturated rings. The van der Waals surface area contributed by atoms with E-state index in [1.807, 2.05) is 53.4 Å². The average molecular weight is 426 g/mol. The highest BCUT2D eigenvalue weighted by Gasteiger charge is 2.40. The third-order valence-electron chi connectivity index (χ3n) is 5.51. The summed E-state index contributed by atoms with van der Waals surface area (Å²) in [7, 11) is -3.69. The molecule has 5 rings (SSSR count). The number of anilines is 2. The number of carbonyl (C=O) groups excluding carboxylic acids is 1. The number of hydrogen-bond donors (Lipinski definition) is 0. The number of hydrogen-bond acceptors (Lipinski definition) is 4. The molecule has 0 saturated carbocycles. The minimum Gasteiger partial charge on any atom is -0.324 e. The van der Waals surface area contributed by atoms with E-state index >= 15 is 0 Å². The summed E-state index contributed by atoms with van der Waals surface area (Å²) in [6.45, 7) is 0. The summed E-state index contributed by atoms with van der Waals surface area (Å²) in [5, 5.41) is 0. The van der Waals surface area contributed by atoms with E-state index in [9.17, 15) is 13.2 Å². The second kappa shape index (κ2) is 7.52. The Labute approximate surface area is 181 Å². The van der Waals surface area contributed by atoms with Crippen molar-refractivity contribution in [2.24, 2.45) is 0 Å². The van der Waals surface area contributed by atoms with E-state index in [0.29, 0.717) is 16.9 Å². The van der Waals surface area contributed by atoms with Gasteiger partial charge in [-0.05, 0) is 29.8 Å². The molecule has 0 amide bonds. The van der Waals surface area contributed by atoms with Crippen LogP contribution in [-0.2, 0) is 9.84 Å². The van der Waals surface area contributed by atoms with Crippen molar-refractivity contribution < 1.29 is 13.2 Å². The van der Waals surface area contributed by atoms with E-state index in [0.717, 1.165) is 5.56 Å². The maximum atomic E-state index is 13.8. The third kappa shape index (κ3) is 3.14. The molecular weight excluding hydrogens is 406 g/mol. The molecule has 1 aliphatic heterocycles. The molecule has 152 valence electrons. The molecule has 0 aliphatic carbocycles. The number of carbonyl (C=O) groups is 1. The van der Waals surface area contributed by atoms with Gasteiger partial charge in [0.1, 0.15) is 6.04 Å². The minimum absolute atomic E-state index is 0.101. The average Bonchev–Trinajstić information content (AvgIpc) is 2.83. The van der Waals surface area contributed by atoms with Gasteiger partial charge in [-0.25, -0.2) is 8.42 Å². The highest BCUT2D eigenvalue weighted by molar-refractivity contribution is 7.92. The van der Waals surface area contributed by atoms with E-state index in [-0.39, 0.29) is 15.6 Å². The largest absolute Gasteiger partial charge is 0.324 e. The zero-order valence-corrected chi connectivity index (χ0v) is 17.4. The van der Waals surface area contributed by atoms with Gasteiger partial charge in [0, 0.05) is 5.56 Å². The molecule has 0 bridgehead atoms. The number of para-hydroxylation sites is 2. The molecule has 0 spiro atoms. The summed E-state index contributed by atoms with van der Waals surface area (Å²) in [6.07, 6.45) is 0. The SMILES string of the molecule is O=C(c1ccccc1)C(c1ccccc1)N1c2ccccc2S(=O)(=O)c2ccccc21. The molecule has 1 aliphatic rings. The molecule has 0 saturated heterocycles. The van der Waals surface area contributed by atoms with Crippen molar-refractivity contribution in [1.29, 1.82) is 0 Å². The Morgan fingerprint density at radius 2 is 1.06 bits per heavy atom. The van der Waals surface area contributed by atoms with Crippen LogP contribution in [0.2, 0.25) is 0 Å². The van der Waals surface area contributed by atoms with Crippen LogP contribution in [0.15, 0.2) is 119 Å². The van der Waals surface area contributed by atoms with Gasteiger partial charge in [0.15, 0.2) is 5.78 Å². The molecule has 4 aromatic rings. The second-order valence-electron chi connectivity index (χ2n) is 7.35. The lowest BCUT2D eigenvalue weighted by Crippen LogP contribution is -2.34. The number of nitrogens with zero attached hydrogens (tertiary/aromatic N) is 1. The highest BCUT2D eigenvalue weighted by atomic mass is 32.2. The summed E-state index contributed by atoms with van der Waals surface area (Å²) in [6, 6.07) is 31.6. The normalized spacial score (nSPS) is 14.9. The Hall–Kier alpha value is -3.70. The van der Waals surface area contributed by atoms with Crippen molar-refractivity contribution >= 4 is 27.0 Å². The summed E-state index contributed by atoms with van der Waals surface area (Å²) < 4.78 is 26.7. The second-order valence-corrected chi connectivity index (χ2v) is 9.24. The van der Waals surface area contributed by atoms with Crippen LogP contribution in [0.25, 0.3) is 0 Å². The lowest BCUT2D eigenvalue weighted by atomic mass is 9.94. The topological polar surface area (TPSA) is 54.5 Å². The monoisotopic (exact) mass is 425 g/mol. The fourth-order valence-corrected chi connectivity index (χ4v) is 5.74. The van der Waals surface area contributed by atoms with Crippen molar-refractivity contribution in [3.8, 4) is 0 Å². The van der Waals surface area contributed by atoms with Gasteiger partial charge in [-0.3, -0.25) is 4.79 Å². The van der Waals surface area contributed by atoms with Gasteiger partial charge in [-0.2, -0.15) is 0 Å². The van der Waals surface area contributed by atoms with Gasteiger partial charge < -0.3 is 4.90 Å². The number of ketones is 1. The molecule has 0 aromatic heterocycles. The van der Waals surface area contributed by atoms with Gasteiger partial charge in [-0.1, -0.05) is 84.9 Å². The van der Waals surface area contributed by atoms with E-state index < -0.39 is 15.9 Å². The third-order valence-corrected chi connectivity index (χ3v) is 7.36. The summed E-state index contributed by atoms with van der Waals surface area (Å²) in [4.78, 5) is 16.1. The molecule has 1 atom stereocenters. The van der Waals surface area contributed by atoms with Gasteiger partial charge in [0.05, 0.1) is 21.2 Å². The molecule has 0 N–H and O–H groups in total. The smallest absolute Gasteiger partial charge is 0.210 e.